The third kappa shape index (κ3) is 3.85. The van der Waals surface area contributed by atoms with Crippen LogP contribution in [0.4, 0.5) is 4.79 Å². The maximum Gasteiger partial charge on any atom is 0.315 e. The van der Waals surface area contributed by atoms with Crippen LogP contribution in [0.2, 0.25) is 0 Å². The number of aliphatic hydroxyl groups is 1. The van der Waals surface area contributed by atoms with E-state index in [1.54, 1.807) is 19.9 Å². The second kappa shape index (κ2) is 6.64. The lowest BCUT2D eigenvalue weighted by Gasteiger charge is -2.23. The Morgan fingerprint density at radius 1 is 1.16 bits per heavy atom. The number of hydrogen-bond acceptors (Lipinski definition) is 4. The first-order chi connectivity index (χ1) is 11.8. The number of fused-ring (bicyclic) bond motifs is 1. The van der Waals surface area contributed by atoms with Crippen molar-refractivity contribution in [1.82, 2.24) is 10.6 Å². The first-order valence-corrected chi connectivity index (χ1v) is 8.14. The lowest BCUT2D eigenvalue weighted by Crippen LogP contribution is -2.43. The quantitative estimate of drug-likeness (QED) is 0.663. The average molecular weight is 342 g/mol. The van der Waals surface area contributed by atoms with Crippen LogP contribution in [0.1, 0.15) is 29.8 Å². The molecule has 0 radical (unpaired) electrons. The van der Waals surface area contributed by atoms with Gasteiger partial charge in [-0.25, -0.2) is 4.79 Å². The maximum atomic E-state index is 12.0. The minimum atomic E-state index is -1.21. The van der Waals surface area contributed by atoms with E-state index in [0.717, 1.165) is 16.7 Å². The van der Waals surface area contributed by atoms with Crippen molar-refractivity contribution >= 4 is 17.0 Å². The Bertz CT molecular complexity index is 859. The third-order valence-corrected chi connectivity index (χ3v) is 4.11. The minimum Gasteiger partial charge on any atom is -0.466 e. The van der Waals surface area contributed by atoms with Crippen LogP contribution in [-0.4, -0.2) is 17.7 Å². The van der Waals surface area contributed by atoms with Crippen LogP contribution < -0.4 is 10.6 Å². The summed E-state index contributed by atoms with van der Waals surface area (Å²) < 4.78 is 11.1. The Hall–Kier alpha value is -2.73. The number of amides is 2. The van der Waals surface area contributed by atoms with E-state index in [-0.39, 0.29) is 19.1 Å². The summed E-state index contributed by atoms with van der Waals surface area (Å²) in [7, 11) is 0. The maximum absolute atomic E-state index is 12.0. The number of aryl methyl sites for hydroxylation is 2. The molecule has 1 unspecified atom stereocenters. The Kier molecular flexibility index (Phi) is 4.55. The highest BCUT2D eigenvalue weighted by molar-refractivity contribution is 5.78. The van der Waals surface area contributed by atoms with Crippen molar-refractivity contribution in [3.8, 4) is 0 Å². The smallest absolute Gasteiger partial charge is 0.315 e. The lowest BCUT2D eigenvalue weighted by molar-refractivity contribution is 0.0578. The number of furan rings is 2. The molecule has 3 N–H and O–H groups in total. The molecular weight excluding hydrogens is 320 g/mol. The van der Waals surface area contributed by atoms with Gasteiger partial charge in [-0.05, 0) is 39.0 Å². The van der Waals surface area contributed by atoms with Gasteiger partial charge < -0.3 is 24.6 Å². The Morgan fingerprint density at radius 3 is 2.60 bits per heavy atom. The first-order valence-electron chi connectivity index (χ1n) is 8.14. The van der Waals surface area contributed by atoms with Crippen molar-refractivity contribution in [2.75, 3.05) is 6.54 Å². The fourth-order valence-electron chi connectivity index (χ4n) is 2.87. The zero-order valence-electron chi connectivity index (χ0n) is 14.6. The molecular formula is C19H22N2O4. The molecule has 2 amide bonds. The van der Waals surface area contributed by atoms with Gasteiger partial charge in [0.1, 0.15) is 28.5 Å². The van der Waals surface area contributed by atoms with Gasteiger partial charge in [0.05, 0.1) is 13.1 Å². The van der Waals surface area contributed by atoms with Crippen LogP contribution in [0.15, 0.2) is 45.2 Å². The average Bonchev–Trinajstić information content (AvgIpc) is 3.13. The highest BCUT2D eigenvalue weighted by Gasteiger charge is 2.28. The molecule has 2 aromatic heterocycles. The predicted octanol–water partition coefficient (Wildman–Crippen LogP) is 3.35. The van der Waals surface area contributed by atoms with Gasteiger partial charge in [-0.1, -0.05) is 18.2 Å². The molecule has 0 saturated carbocycles. The zero-order chi connectivity index (χ0) is 18.0. The first kappa shape index (κ1) is 17.1. The number of para-hydroxylation sites is 1. The highest BCUT2D eigenvalue weighted by Crippen LogP contribution is 2.26. The molecule has 0 aliphatic carbocycles. The van der Waals surface area contributed by atoms with Crippen LogP contribution in [0.5, 0.6) is 0 Å². The minimum absolute atomic E-state index is 0.0682. The largest absolute Gasteiger partial charge is 0.466 e. The van der Waals surface area contributed by atoms with Gasteiger partial charge >= 0.3 is 6.03 Å². The van der Waals surface area contributed by atoms with Gasteiger partial charge in [0.15, 0.2) is 0 Å². The van der Waals surface area contributed by atoms with Crippen molar-refractivity contribution in [3.05, 3.63) is 59.2 Å². The summed E-state index contributed by atoms with van der Waals surface area (Å²) in [6.07, 6.45) is 0. The van der Waals surface area contributed by atoms with E-state index < -0.39 is 5.60 Å². The molecule has 0 bridgehead atoms. The molecule has 3 aromatic rings. The molecule has 6 heteroatoms. The molecule has 0 aliphatic heterocycles. The van der Waals surface area contributed by atoms with E-state index in [4.69, 9.17) is 8.83 Å². The van der Waals surface area contributed by atoms with E-state index in [1.165, 1.54) is 0 Å². The van der Waals surface area contributed by atoms with Crippen LogP contribution >= 0.6 is 0 Å². The van der Waals surface area contributed by atoms with E-state index in [0.29, 0.717) is 17.1 Å². The molecule has 0 spiro atoms. The second-order valence-corrected chi connectivity index (χ2v) is 6.39. The molecule has 3 rings (SSSR count). The third-order valence-electron chi connectivity index (χ3n) is 4.11. The van der Waals surface area contributed by atoms with E-state index in [2.05, 4.69) is 10.6 Å². The molecule has 1 aromatic carbocycles. The van der Waals surface area contributed by atoms with E-state index >= 15 is 0 Å². The van der Waals surface area contributed by atoms with Crippen molar-refractivity contribution in [2.45, 2.75) is 32.9 Å². The second-order valence-electron chi connectivity index (χ2n) is 6.39. The molecule has 1 atom stereocenters. The lowest BCUT2D eigenvalue weighted by atomic mass is 9.96. The van der Waals surface area contributed by atoms with Crippen LogP contribution in [0.3, 0.4) is 0 Å². The van der Waals surface area contributed by atoms with Crippen molar-refractivity contribution < 1.29 is 18.7 Å². The number of hydrogen-bond donors (Lipinski definition) is 3. The molecule has 6 nitrogen and oxygen atoms in total. The fourth-order valence-corrected chi connectivity index (χ4v) is 2.87. The number of rotatable bonds is 5. The molecule has 0 saturated heterocycles. The van der Waals surface area contributed by atoms with Crippen LogP contribution in [0, 0.1) is 13.8 Å². The van der Waals surface area contributed by atoms with Gasteiger partial charge in [0.2, 0.25) is 0 Å². The Labute approximate surface area is 145 Å². The number of carbonyl (C=O) groups excluding carboxylic acids is 1. The summed E-state index contributed by atoms with van der Waals surface area (Å²) in [5.74, 6) is 2.04. The SMILES string of the molecule is Cc1cc(C(C)(O)CNC(=O)NCc2cc3ccccc3o2)c(C)o1. The summed E-state index contributed by atoms with van der Waals surface area (Å²) in [5, 5.41) is 17.0. The molecule has 2 heterocycles. The summed E-state index contributed by atoms with van der Waals surface area (Å²) >= 11 is 0. The topological polar surface area (TPSA) is 87.6 Å². The zero-order valence-corrected chi connectivity index (χ0v) is 14.6. The molecule has 0 aliphatic rings. The number of benzene rings is 1. The standard InChI is InChI=1S/C19H22N2O4/c1-12-8-16(13(2)24-12)19(3,23)11-21-18(22)20-10-15-9-14-6-4-5-7-17(14)25-15/h4-9,23H,10-11H2,1-3H3,(H2,20,21,22). The van der Waals surface area contributed by atoms with Gasteiger partial charge in [0.25, 0.3) is 0 Å². The summed E-state index contributed by atoms with van der Waals surface area (Å²) in [6, 6.07) is 11.0. The molecule has 132 valence electrons. The summed E-state index contributed by atoms with van der Waals surface area (Å²) in [6.45, 7) is 5.59. The van der Waals surface area contributed by atoms with Gasteiger partial charge in [0, 0.05) is 10.9 Å². The van der Waals surface area contributed by atoms with Gasteiger partial charge in [-0.2, -0.15) is 0 Å². The molecule has 0 fully saturated rings. The van der Waals surface area contributed by atoms with E-state index in [9.17, 15) is 9.90 Å². The summed E-state index contributed by atoms with van der Waals surface area (Å²) in [4.78, 5) is 12.0. The van der Waals surface area contributed by atoms with Crippen LogP contribution in [-0.2, 0) is 12.1 Å². The van der Waals surface area contributed by atoms with Crippen LogP contribution in [0.25, 0.3) is 11.0 Å². The Morgan fingerprint density at radius 2 is 1.92 bits per heavy atom. The van der Waals surface area contributed by atoms with Crippen molar-refractivity contribution in [1.29, 1.82) is 0 Å². The normalized spacial score (nSPS) is 13.6. The fraction of sp³-hybridized carbons (Fsp3) is 0.316. The monoisotopic (exact) mass is 342 g/mol. The number of carbonyl (C=O) groups is 1. The van der Waals surface area contributed by atoms with Crippen molar-refractivity contribution in [2.24, 2.45) is 0 Å². The van der Waals surface area contributed by atoms with Gasteiger partial charge in [-0.15, -0.1) is 0 Å². The highest BCUT2D eigenvalue weighted by atomic mass is 16.3. The summed E-state index contributed by atoms with van der Waals surface area (Å²) in [5.41, 5.74) is 0.245. The molecule has 25 heavy (non-hydrogen) atoms. The number of urea groups is 1. The Balaban J connectivity index is 1.54. The van der Waals surface area contributed by atoms with E-state index in [1.807, 2.05) is 37.3 Å². The predicted molar refractivity (Wildman–Crippen MR) is 94.2 cm³/mol. The van der Waals surface area contributed by atoms with Crippen molar-refractivity contribution in [3.63, 3.8) is 0 Å². The van der Waals surface area contributed by atoms with Gasteiger partial charge in [-0.3, -0.25) is 0 Å². The number of nitrogens with one attached hydrogen (secondary N) is 2.